The van der Waals surface area contributed by atoms with Crippen LogP contribution in [0.15, 0.2) is 0 Å². The highest BCUT2D eigenvalue weighted by molar-refractivity contribution is 5.01. The van der Waals surface area contributed by atoms with Crippen molar-refractivity contribution >= 4 is 0 Å². The molecular formula is C40H68O31. The van der Waals surface area contributed by atoms with Crippen molar-refractivity contribution in [2.45, 2.75) is 210 Å². The van der Waals surface area contributed by atoms with Crippen molar-refractivity contribution in [2.24, 2.45) is 0 Å². The molecule has 22 saturated heterocycles. The number of hydrogen-bond acceptors (Lipinski definition) is 31. The molecule has 12 bridgehead atoms. The molecule has 31 heteroatoms. The Kier molecular flexibility index (Phi) is 20.1. The predicted octanol–water partition coefficient (Wildman–Crippen LogP) is -12.5. The van der Waals surface area contributed by atoms with Gasteiger partial charge in [-0.15, -0.1) is 0 Å². The Morgan fingerprint density at radius 1 is 0.225 bits per heavy atom. The number of hydrogen-bond donors (Lipinski definition) is 19. The standard InChI is InChI=1S/C36H60O30.C4H8O/c37-1-7-25-13(43)19(49)31(55-7)62-26-8(2-38)57-33(21(51)15(26)45)64-28-10(4-40)59-35(23(53)17(28)47)66-30-12(6-42)60-36(24(54)18(30)48)65-29-11(5-41)58-34(22(52)16(29)46)63-27-9(3-39)56-32(61-25)20(50)14(27)44;5-4-2-1-3-4/h7-54H,1-6H2;4-5H,1-3H2/t7-,8-,9-,10-,11-,12-,13-,14-,15-,16-,17-,18-,19-,20-,21-,22-,23-,24-,25-,26-,27-,28-,29-,30-,31-,32-,33-,34-,35-,36-;/m1./s1. The van der Waals surface area contributed by atoms with Crippen LogP contribution in [0.1, 0.15) is 19.3 Å². The van der Waals surface area contributed by atoms with Crippen LogP contribution in [0.4, 0.5) is 0 Å². The van der Waals surface area contributed by atoms with Crippen LogP contribution in [0.3, 0.4) is 0 Å². The van der Waals surface area contributed by atoms with Gasteiger partial charge in [0.25, 0.3) is 0 Å². The quantitative estimate of drug-likeness (QED) is 0.117. The largest absolute Gasteiger partial charge is 0.394 e. The van der Waals surface area contributed by atoms with Crippen LogP contribution in [0.25, 0.3) is 0 Å². The summed E-state index contributed by atoms with van der Waals surface area (Å²) in [5.74, 6) is 0. The van der Waals surface area contributed by atoms with Crippen LogP contribution in [0.2, 0.25) is 0 Å². The van der Waals surface area contributed by atoms with Crippen LogP contribution in [-0.2, 0) is 56.8 Å². The maximum absolute atomic E-state index is 11.2. The van der Waals surface area contributed by atoms with E-state index < -0.39 is 224 Å². The molecule has 19 N–H and O–H groups in total. The van der Waals surface area contributed by atoms with Crippen molar-refractivity contribution in [2.75, 3.05) is 39.6 Å². The molecule has 0 amide bonds. The molecule has 30 atom stereocenters. The van der Waals surface area contributed by atoms with Gasteiger partial charge in [0.2, 0.25) is 0 Å². The summed E-state index contributed by atoms with van der Waals surface area (Å²) in [5.41, 5.74) is 0. The van der Waals surface area contributed by atoms with Gasteiger partial charge >= 0.3 is 0 Å². The zero-order valence-electron chi connectivity index (χ0n) is 37.7. The summed E-state index contributed by atoms with van der Waals surface area (Å²) >= 11 is 0. The zero-order chi connectivity index (χ0) is 51.7. The third-order valence-electron chi connectivity index (χ3n) is 13.7. The van der Waals surface area contributed by atoms with Gasteiger partial charge in [0.1, 0.15) is 146 Å². The third kappa shape index (κ3) is 11.9. The zero-order valence-corrected chi connectivity index (χ0v) is 37.7. The van der Waals surface area contributed by atoms with Crippen molar-refractivity contribution in [1.29, 1.82) is 0 Å². The second kappa shape index (κ2) is 24.8. The Bertz CT molecular complexity index is 1330. The molecule has 0 aromatic rings. The second-order valence-corrected chi connectivity index (χ2v) is 18.4. The number of ether oxygens (including phenoxy) is 12. The molecule has 22 aliphatic heterocycles. The molecule has 23 aliphatic rings. The predicted molar refractivity (Wildman–Crippen MR) is 216 cm³/mol. The van der Waals surface area contributed by atoms with Crippen LogP contribution in [-0.4, -0.2) is 327 Å². The van der Waals surface area contributed by atoms with E-state index in [0.29, 0.717) is 0 Å². The topological polar surface area (TPSA) is 495 Å². The molecule has 1 aliphatic carbocycles. The van der Waals surface area contributed by atoms with Crippen LogP contribution in [0.5, 0.6) is 0 Å². The first-order chi connectivity index (χ1) is 33.8. The van der Waals surface area contributed by atoms with E-state index in [9.17, 15) is 91.9 Å². The first-order valence-corrected chi connectivity index (χ1v) is 23.2. The van der Waals surface area contributed by atoms with Crippen molar-refractivity contribution in [3.8, 4) is 0 Å². The highest BCUT2D eigenvalue weighted by atomic mass is 16.8. The van der Waals surface area contributed by atoms with Gasteiger partial charge < -0.3 is 154 Å². The minimum absolute atomic E-state index is 0.0648. The van der Waals surface area contributed by atoms with E-state index in [1.807, 2.05) is 0 Å². The molecule has 0 unspecified atom stereocenters. The Hall–Kier alpha value is -1.24. The molecule has 23 fully saturated rings. The van der Waals surface area contributed by atoms with E-state index in [-0.39, 0.29) is 6.10 Å². The van der Waals surface area contributed by atoms with E-state index in [1.165, 1.54) is 6.42 Å². The van der Waals surface area contributed by atoms with Gasteiger partial charge in [0.15, 0.2) is 37.7 Å². The van der Waals surface area contributed by atoms with Crippen LogP contribution in [0, 0.1) is 0 Å². The van der Waals surface area contributed by atoms with Gasteiger partial charge in [-0.1, -0.05) is 0 Å². The molecule has 0 aromatic carbocycles. The average Bonchev–Trinajstić information content (AvgIpc) is 3.35. The summed E-state index contributed by atoms with van der Waals surface area (Å²) in [6.07, 6.45) is -55.1. The van der Waals surface area contributed by atoms with Gasteiger partial charge in [-0.2, -0.15) is 0 Å². The Morgan fingerprint density at radius 3 is 0.465 bits per heavy atom. The van der Waals surface area contributed by atoms with Crippen molar-refractivity contribution < 1.29 is 154 Å². The maximum atomic E-state index is 11.2. The van der Waals surface area contributed by atoms with Gasteiger partial charge in [0, 0.05) is 0 Å². The molecule has 22 heterocycles. The lowest BCUT2D eigenvalue weighted by atomic mass is 9.94. The van der Waals surface area contributed by atoms with E-state index in [1.54, 1.807) is 0 Å². The summed E-state index contributed by atoms with van der Waals surface area (Å²) in [7, 11) is 0. The molecule has 23 rings (SSSR count). The minimum atomic E-state index is -2.15. The van der Waals surface area contributed by atoms with Crippen LogP contribution < -0.4 is 0 Å². The van der Waals surface area contributed by atoms with Crippen molar-refractivity contribution in [3.63, 3.8) is 0 Å². The van der Waals surface area contributed by atoms with Crippen molar-refractivity contribution in [1.82, 2.24) is 0 Å². The SMILES string of the molecule is OC1CCC1.OC[C@H]1O[C@@H]2O[C@H]3[C@H](O)[C@@H](O)[C@@H](O[C@H]4[C@H](O)[C@@H](O)[C@@H](O[C@H]5[C@H](O)[C@@H](O)[C@@H](O[C@H]6[C@H](O)[C@@H](O)[C@@H](O[C@H]7[C@H](O)[C@@H](O)[C@@H](O[C@H]1[C@H](O)[C@H]2O)O[C@@H]7CO)O[C@@H]6CO)O[C@@H]5CO)O[C@@H]4CO)O[C@@H]3CO. The van der Waals surface area contributed by atoms with Gasteiger partial charge in [-0.3, -0.25) is 0 Å². The van der Waals surface area contributed by atoms with E-state index >= 15 is 0 Å². The highest BCUT2D eigenvalue weighted by Gasteiger charge is 2.58. The molecule has 1 saturated carbocycles. The highest BCUT2D eigenvalue weighted by Crippen LogP contribution is 2.38. The molecule has 0 radical (unpaired) electrons. The Balaban J connectivity index is 0.00000139. The lowest BCUT2D eigenvalue weighted by molar-refractivity contribution is -0.404. The van der Waals surface area contributed by atoms with Crippen molar-refractivity contribution in [3.05, 3.63) is 0 Å². The minimum Gasteiger partial charge on any atom is -0.394 e. The van der Waals surface area contributed by atoms with E-state index in [0.717, 1.165) is 12.8 Å². The van der Waals surface area contributed by atoms with E-state index in [4.69, 9.17) is 61.9 Å². The van der Waals surface area contributed by atoms with Gasteiger partial charge in [-0.25, -0.2) is 0 Å². The molecule has 31 nitrogen and oxygen atoms in total. The lowest BCUT2D eigenvalue weighted by Crippen LogP contribution is -2.69. The maximum Gasteiger partial charge on any atom is 0.187 e. The summed E-state index contributed by atoms with van der Waals surface area (Å²) in [4.78, 5) is 0. The number of rotatable bonds is 6. The second-order valence-electron chi connectivity index (χ2n) is 18.4. The lowest BCUT2D eigenvalue weighted by Gasteiger charge is -2.50. The van der Waals surface area contributed by atoms with Gasteiger partial charge in [-0.05, 0) is 19.3 Å². The molecule has 0 aromatic heterocycles. The molecule has 0 spiro atoms. The Labute approximate surface area is 402 Å². The molecule has 414 valence electrons. The van der Waals surface area contributed by atoms with Crippen LogP contribution >= 0.6 is 0 Å². The normalized spacial score (nSPS) is 53.3. The van der Waals surface area contributed by atoms with Gasteiger partial charge in [0.05, 0.1) is 45.7 Å². The molecular weight excluding hydrogens is 976 g/mol. The fourth-order valence-electron chi connectivity index (χ4n) is 9.31. The third-order valence-corrected chi connectivity index (χ3v) is 13.7. The fraction of sp³-hybridized carbons (Fsp3) is 1.00. The summed E-state index contributed by atoms with van der Waals surface area (Å²) in [6, 6.07) is 0. The fourth-order valence-corrected chi connectivity index (χ4v) is 9.31. The monoisotopic (exact) mass is 1040 g/mol. The smallest absolute Gasteiger partial charge is 0.187 e. The number of aliphatic hydroxyl groups excluding tert-OH is 19. The first kappa shape index (κ1) is 57.5. The first-order valence-electron chi connectivity index (χ1n) is 23.2. The Morgan fingerprint density at radius 2 is 0.366 bits per heavy atom. The van der Waals surface area contributed by atoms with E-state index in [2.05, 4.69) is 0 Å². The summed E-state index contributed by atoms with van der Waals surface area (Å²) < 4.78 is 67.9. The average molecular weight is 1040 g/mol. The number of aliphatic hydroxyl groups is 19. The summed E-state index contributed by atoms with van der Waals surface area (Å²) in [6.45, 7) is -5.99. The summed E-state index contributed by atoms with van der Waals surface area (Å²) in [5, 5.41) is 204. The molecule has 71 heavy (non-hydrogen) atoms.